The van der Waals surface area contributed by atoms with Gasteiger partial charge in [0.05, 0.1) is 12.1 Å². The second kappa shape index (κ2) is 17.0. The molecule has 45 heavy (non-hydrogen) atoms. The molecular weight excluding hydrogens is 626 g/mol. The Bertz CT molecular complexity index is 1320. The van der Waals surface area contributed by atoms with Crippen molar-refractivity contribution < 1.29 is 32.2 Å². The van der Waals surface area contributed by atoms with Gasteiger partial charge in [-0.05, 0) is 93.2 Å². The van der Waals surface area contributed by atoms with Gasteiger partial charge in [-0.3, -0.25) is 14.5 Å². The predicted molar refractivity (Wildman–Crippen MR) is 172 cm³/mol. The second-order valence-corrected chi connectivity index (χ2v) is 12.0. The Morgan fingerprint density at radius 1 is 0.844 bits per heavy atom. The Morgan fingerprint density at radius 2 is 1.40 bits per heavy atom. The summed E-state index contributed by atoms with van der Waals surface area (Å²) < 4.78 is 50.9. The quantitative estimate of drug-likeness (QED) is 0.106. The van der Waals surface area contributed by atoms with Crippen LogP contribution in [-0.2, 0) is 26.3 Å². The first-order valence-electron chi connectivity index (χ1n) is 15.1. The molecule has 0 aliphatic heterocycles. The second-order valence-electron chi connectivity index (χ2n) is 11.2. The lowest BCUT2D eigenvalue weighted by atomic mass is 9.83. The van der Waals surface area contributed by atoms with E-state index in [-0.39, 0.29) is 31.8 Å². The van der Waals surface area contributed by atoms with Gasteiger partial charge in [-0.2, -0.15) is 13.2 Å². The molecule has 0 bridgehead atoms. The van der Waals surface area contributed by atoms with Gasteiger partial charge in [0.15, 0.2) is 0 Å². The third-order valence-corrected chi connectivity index (χ3v) is 8.57. The number of likely N-dealkylation sites (N-methyl/N-ethyl adjacent to an activating group) is 1. The fourth-order valence-corrected chi connectivity index (χ4v) is 5.57. The number of rotatable bonds is 17. The molecule has 0 aliphatic rings. The summed E-state index contributed by atoms with van der Waals surface area (Å²) in [5.41, 5.74) is 2.19. The zero-order chi connectivity index (χ0) is 33.0. The molecule has 244 valence electrons. The number of unbranched alkanes of at least 4 members (excludes halogenated alkanes) is 2. The first-order valence-corrected chi connectivity index (χ1v) is 15.8. The van der Waals surface area contributed by atoms with Crippen molar-refractivity contribution in [1.82, 2.24) is 4.90 Å². The van der Waals surface area contributed by atoms with Crippen LogP contribution in [0.3, 0.4) is 0 Å². The minimum Gasteiger partial charge on any atom is -0.492 e. The molecule has 0 amide bonds. The minimum atomic E-state index is -4.91. The zero-order valence-electron chi connectivity index (χ0n) is 25.8. The number of ether oxygens (including phenoxy) is 2. The molecule has 0 N–H and O–H groups in total. The number of benzene rings is 3. The summed E-state index contributed by atoms with van der Waals surface area (Å²) in [5.74, 6) is -2.66. The smallest absolute Gasteiger partial charge is 0.450 e. The molecule has 3 aromatic rings. The number of carbonyl (C=O) groups excluding carboxylic acids is 2. The first kappa shape index (κ1) is 36.4. The van der Waals surface area contributed by atoms with Crippen LogP contribution in [0.15, 0.2) is 72.8 Å². The highest BCUT2D eigenvalue weighted by Gasteiger charge is 2.42. The molecule has 0 aliphatic carbocycles. The summed E-state index contributed by atoms with van der Waals surface area (Å²) in [7, 11) is 2.00. The Labute approximate surface area is 273 Å². The monoisotopic (exact) mass is 665 g/mol. The third kappa shape index (κ3) is 10.8. The number of carbonyl (C=O) groups is 2. The van der Waals surface area contributed by atoms with Crippen molar-refractivity contribution in [1.29, 1.82) is 0 Å². The molecular formula is C35H40Cl2F3NO4. The Morgan fingerprint density at radius 3 is 1.91 bits per heavy atom. The van der Waals surface area contributed by atoms with Gasteiger partial charge in [0, 0.05) is 28.9 Å². The van der Waals surface area contributed by atoms with Crippen LogP contribution in [0.2, 0.25) is 10.0 Å². The van der Waals surface area contributed by atoms with Gasteiger partial charge in [0.2, 0.25) is 5.78 Å². The number of ketones is 1. The number of hydrogen-bond donors (Lipinski definition) is 0. The highest BCUT2D eigenvalue weighted by atomic mass is 35.5. The van der Waals surface area contributed by atoms with Crippen LogP contribution in [-0.4, -0.2) is 49.6 Å². The number of nitrogens with zero attached hydrogens (tertiary/aromatic N) is 1. The van der Waals surface area contributed by atoms with E-state index in [1.165, 1.54) is 0 Å². The SMILES string of the molecule is CCOC(=O)CCCCCC(Cc1ccc(OCCN(C)C(C)(c2ccc(Cl)cc2)c2ccc(Cl)cc2)cc1)C(=O)C(F)(F)F. The lowest BCUT2D eigenvalue weighted by Crippen LogP contribution is -2.44. The van der Waals surface area contributed by atoms with E-state index in [0.29, 0.717) is 53.8 Å². The van der Waals surface area contributed by atoms with Crippen molar-refractivity contribution in [3.63, 3.8) is 0 Å². The highest BCUT2D eigenvalue weighted by molar-refractivity contribution is 6.30. The third-order valence-electron chi connectivity index (χ3n) is 8.07. The fraction of sp³-hybridized carbons (Fsp3) is 0.429. The summed E-state index contributed by atoms with van der Waals surface area (Å²) >= 11 is 12.3. The summed E-state index contributed by atoms with van der Waals surface area (Å²) in [6.45, 7) is 5.03. The highest BCUT2D eigenvalue weighted by Crippen LogP contribution is 2.36. The standard InChI is InChI=1S/C35H40Cl2F3NO4/c1-4-44-32(42)9-7-5-6-8-26(33(43)35(38,39)40)24-25-10-20-31(21-11-25)45-23-22-41(3)34(2,27-12-16-29(36)17-13-27)28-14-18-30(37)19-15-28/h10-21,26H,4-9,22-24H2,1-3H3. The number of esters is 1. The Balaban J connectivity index is 1.60. The first-order chi connectivity index (χ1) is 21.3. The fourth-order valence-electron chi connectivity index (χ4n) is 5.31. The van der Waals surface area contributed by atoms with Crippen LogP contribution < -0.4 is 4.74 Å². The number of halogens is 5. The maximum absolute atomic E-state index is 13.3. The van der Waals surface area contributed by atoms with Gasteiger partial charge in [-0.15, -0.1) is 0 Å². The molecule has 0 saturated carbocycles. The van der Waals surface area contributed by atoms with E-state index in [2.05, 4.69) is 11.8 Å². The molecule has 1 atom stereocenters. The van der Waals surface area contributed by atoms with E-state index in [9.17, 15) is 22.8 Å². The van der Waals surface area contributed by atoms with Gasteiger partial charge in [0.1, 0.15) is 12.4 Å². The average Bonchev–Trinajstić information content (AvgIpc) is 3.00. The zero-order valence-corrected chi connectivity index (χ0v) is 27.4. The molecule has 0 spiro atoms. The van der Waals surface area contributed by atoms with Gasteiger partial charge in [-0.25, -0.2) is 0 Å². The normalized spacial score (nSPS) is 12.6. The average molecular weight is 667 g/mol. The van der Waals surface area contributed by atoms with E-state index in [1.807, 2.05) is 55.6 Å². The number of Topliss-reactive ketones (excluding diaryl/α,β-unsaturated/α-hetero) is 1. The molecule has 0 aromatic heterocycles. The van der Waals surface area contributed by atoms with Crippen molar-refractivity contribution in [2.24, 2.45) is 5.92 Å². The van der Waals surface area contributed by atoms with Crippen LogP contribution in [0.25, 0.3) is 0 Å². The summed E-state index contributed by atoms with van der Waals surface area (Å²) in [6, 6.07) is 22.2. The van der Waals surface area contributed by atoms with Crippen molar-refractivity contribution in [3.8, 4) is 5.75 Å². The van der Waals surface area contributed by atoms with Crippen LogP contribution in [0.4, 0.5) is 13.2 Å². The maximum atomic E-state index is 13.3. The molecule has 0 heterocycles. The van der Waals surface area contributed by atoms with Crippen LogP contribution >= 0.6 is 23.2 Å². The van der Waals surface area contributed by atoms with Crippen LogP contribution in [0.5, 0.6) is 5.75 Å². The van der Waals surface area contributed by atoms with Gasteiger partial charge in [-0.1, -0.05) is 72.4 Å². The van der Waals surface area contributed by atoms with Crippen LogP contribution in [0, 0.1) is 5.92 Å². The molecule has 0 fully saturated rings. The van der Waals surface area contributed by atoms with Crippen molar-refractivity contribution in [2.45, 2.75) is 64.1 Å². The van der Waals surface area contributed by atoms with E-state index in [0.717, 1.165) is 11.1 Å². The van der Waals surface area contributed by atoms with Crippen molar-refractivity contribution >= 4 is 35.0 Å². The Kier molecular flexibility index (Phi) is 13.8. The number of alkyl halides is 3. The van der Waals surface area contributed by atoms with E-state index in [4.69, 9.17) is 32.7 Å². The minimum absolute atomic E-state index is 0.0280. The van der Waals surface area contributed by atoms with E-state index < -0.39 is 23.4 Å². The molecule has 0 radical (unpaired) electrons. The molecule has 0 saturated heterocycles. The topological polar surface area (TPSA) is 55.8 Å². The van der Waals surface area contributed by atoms with Gasteiger partial charge >= 0.3 is 12.1 Å². The van der Waals surface area contributed by atoms with Gasteiger partial charge < -0.3 is 9.47 Å². The van der Waals surface area contributed by atoms with Crippen LogP contribution in [0.1, 0.15) is 62.6 Å². The molecule has 10 heteroatoms. The molecule has 3 rings (SSSR count). The van der Waals surface area contributed by atoms with Crippen molar-refractivity contribution in [2.75, 3.05) is 26.8 Å². The molecule has 3 aromatic carbocycles. The molecule has 1 unspecified atom stereocenters. The predicted octanol–water partition coefficient (Wildman–Crippen LogP) is 9.07. The Hall–Kier alpha value is -3.07. The van der Waals surface area contributed by atoms with E-state index in [1.54, 1.807) is 31.2 Å². The largest absolute Gasteiger partial charge is 0.492 e. The summed E-state index contributed by atoms with van der Waals surface area (Å²) in [5, 5.41) is 1.29. The summed E-state index contributed by atoms with van der Waals surface area (Å²) in [6.07, 6.45) is -3.18. The van der Waals surface area contributed by atoms with E-state index >= 15 is 0 Å². The lowest BCUT2D eigenvalue weighted by Gasteiger charge is -2.40. The van der Waals surface area contributed by atoms with Crippen molar-refractivity contribution in [3.05, 3.63) is 99.5 Å². The lowest BCUT2D eigenvalue weighted by molar-refractivity contribution is -0.175. The summed E-state index contributed by atoms with van der Waals surface area (Å²) in [4.78, 5) is 25.8. The van der Waals surface area contributed by atoms with Gasteiger partial charge in [0.25, 0.3) is 0 Å². The maximum Gasteiger partial charge on any atom is 0.450 e. The molecule has 5 nitrogen and oxygen atoms in total. The number of hydrogen-bond acceptors (Lipinski definition) is 5.